The van der Waals surface area contributed by atoms with E-state index in [9.17, 15) is 0 Å². The van der Waals surface area contributed by atoms with Crippen LogP contribution in [0.2, 0.25) is 0 Å². The second kappa shape index (κ2) is 4.64. The van der Waals surface area contributed by atoms with Crippen LogP contribution in [0.15, 0.2) is 5.16 Å². The topological polar surface area (TPSA) is 61.8 Å². The maximum Gasteiger partial charge on any atom is 0.153 e. The van der Waals surface area contributed by atoms with Crippen molar-refractivity contribution in [2.75, 3.05) is 19.6 Å². The molecule has 0 radical (unpaired) electrons. The van der Waals surface area contributed by atoms with Crippen molar-refractivity contribution >= 4 is 5.84 Å². The summed E-state index contributed by atoms with van der Waals surface area (Å²) in [6.45, 7) is 7.24. The quantitative estimate of drug-likeness (QED) is 0.310. The summed E-state index contributed by atoms with van der Waals surface area (Å²) >= 11 is 0. The molecule has 4 heteroatoms. The Hall–Kier alpha value is -0.770. The Labute approximate surface area is 85.8 Å². The Bertz CT molecular complexity index is 211. The molecule has 82 valence electrons. The minimum atomic E-state index is 0.313. The molecule has 0 amide bonds. The molecule has 4 nitrogen and oxygen atoms in total. The fraction of sp³-hybridized carbons (Fsp3) is 0.900. The molecule has 0 aliphatic carbocycles. The van der Waals surface area contributed by atoms with Gasteiger partial charge in [0.05, 0.1) is 6.54 Å². The predicted octanol–water partition coefficient (Wildman–Crippen LogP) is 1.24. The minimum absolute atomic E-state index is 0.313. The van der Waals surface area contributed by atoms with Gasteiger partial charge in [-0.15, -0.1) is 0 Å². The van der Waals surface area contributed by atoms with Crippen molar-refractivity contribution in [3.8, 4) is 0 Å². The van der Waals surface area contributed by atoms with Gasteiger partial charge < -0.3 is 10.9 Å². The van der Waals surface area contributed by atoms with Crippen molar-refractivity contribution < 1.29 is 5.21 Å². The molecule has 0 aromatic carbocycles. The second-order valence-electron chi connectivity index (χ2n) is 4.26. The van der Waals surface area contributed by atoms with Crippen molar-refractivity contribution in [1.29, 1.82) is 0 Å². The Balaban J connectivity index is 2.48. The maximum atomic E-state index is 8.48. The summed E-state index contributed by atoms with van der Waals surface area (Å²) in [6, 6.07) is 0. The second-order valence-corrected chi connectivity index (χ2v) is 4.26. The van der Waals surface area contributed by atoms with Gasteiger partial charge in [0.15, 0.2) is 5.84 Å². The van der Waals surface area contributed by atoms with Gasteiger partial charge in [0.1, 0.15) is 0 Å². The lowest BCUT2D eigenvalue weighted by Gasteiger charge is -2.26. The van der Waals surface area contributed by atoms with Gasteiger partial charge in [-0.3, -0.25) is 4.90 Å². The van der Waals surface area contributed by atoms with E-state index in [-0.39, 0.29) is 0 Å². The molecule has 0 atom stereocenters. The number of rotatable bonds is 4. The summed E-state index contributed by atoms with van der Waals surface area (Å²) in [5.41, 5.74) is 5.95. The van der Waals surface area contributed by atoms with Gasteiger partial charge in [-0.05, 0) is 31.2 Å². The SMILES string of the molecule is CCC1(CC)CCN(CC(N)=NO)C1. The molecule has 0 aromatic heterocycles. The summed E-state index contributed by atoms with van der Waals surface area (Å²) in [5.74, 6) is 0.313. The van der Waals surface area contributed by atoms with Gasteiger partial charge in [0.2, 0.25) is 0 Å². The first kappa shape index (κ1) is 11.3. The normalized spacial score (nSPS) is 22.9. The van der Waals surface area contributed by atoms with Crippen LogP contribution >= 0.6 is 0 Å². The lowest BCUT2D eigenvalue weighted by Crippen LogP contribution is -2.34. The van der Waals surface area contributed by atoms with E-state index >= 15 is 0 Å². The molecule has 14 heavy (non-hydrogen) atoms. The number of hydrogen-bond acceptors (Lipinski definition) is 3. The molecule has 0 spiro atoms. The first-order chi connectivity index (χ1) is 6.65. The molecule has 0 saturated carbocycles. The summed E-state index contributed by atoms with van der Waals surface area (Å²) in [4.78, 5) is 2.27. The van der Waals surface area contributed by atoms with Crippen LogP contribution in [0, 0.1) is 5.41 Å². The van der Waals surface area contributed by atoms with Crippen LogP contribution in [0.1, 0.15) is 33.1 Å². The van der Waals surface area contributed by atoms with Crippen LogP contribution in [0.3, 0.4) is 0 Å². The highest BCUT2D eigenvalue weighted by molar-refractivity contribution is 5.81. The Morgan fingerprint density at radius 1 is 1.50 bits per heavy atom. The number of nitrogens with zero attached hydrogens (tertiary/aromatic N) is 2. The number of oxime groups is 1. The Kier molecular flexibility index (Phi) is 3.75. The molecular formula is C10H21N3O. The smallest absolute Gasteiger partial charge is 0.153 e. The van der Waals surface area contributed by atoms with Crippen LogP contribution < -0.4 is 5.73 Å². The average Bonchev–Trinajstić information content (AvgIpc) is 2.62. The van der Waals surface area contributed by atoms with E-state index in [0.29, 0.717) is 17.8 Å². The molecule has 3 N–H and O–H groups in total. The van der Waals surface area contributed by atoms with Crippen molar-refractivity contribution in [2.45, 2.75) is 33.1 Å². The van der Waals surface area contributed by atoms with Crippen molar-refractivity contribution in [2.24, 2.45) is 16.3 Å². The average molecular weight is 199 g/mol. The van der Waals surface area contributed by atoms with Gasteiger partial charge in [0.25, 0.3) is 0 Å². The van der Waals surface area contributed by atoms with E-state index in [1.54, 1.807) is 0 Å². The molecule has 1 rings (SSSR count). The summed E-state index contributed by atoms with van der Waals surface area (Å²) in [6.07, 6.45) is 3.67. The fourth-order valence-electron chi connectivity index (χ4n) is 2.25. The highest BCUT2D eigenvalue weighted by Gasteiger charge is 2.34. The molecule has 1 heterocycles. The molecule has 0 aromatic rings. The highest BCUT2D eigenvalue weighted by atomic mass is 16.4. The van der Waals surface area contributed by atoms with E-state index < -0.39 is 0 Å². The highest BCUT2D eigenvalue weighted by Crippen LogP contribution is 2.36. The number of nitrogens with two attached hydrogens (primary N) is 1. The van der Waals surface area contributed by atoms with Gasteiger partial charge in [-0.2, -0.15) is 0 Å². The third-order valence-corrected chi connectivity index (χ3v) is 3.53. The molecule has 1 fully saturated rings. The number of amidine groups is 1. The zero-order chi connectivity index (χ0) is 10.6. The lowest BCUT2D eigenvalue weighted by molar-refractivity contribution is 0.251. The molecule has 0 unspecified atom stereocenters. The first-order valence-corrected chi connectivity index (χ1v) is 5.34. The summed E-state index contributed by atoms with van der Waals surface area (Å²) in [5, 5.41) is 11.5. The zero-order valence-corrected chi connectivity index (χ0v) is 9.16. The Morgan fingerprint density at radius 3 is 2.57 bits per heavy atom. The number of likely N-dealkylation sites (tertiary alicyclic amines) is 1. The largest absolute Gasteiger partial charge is 0.409 e. The molecular weight excluding hydrogens is 178 g/mol. The van der Waals surface area contributed by atoms with E-state index in [0.717, 1.165) is 13.1 Å². The van der Waals surface area contributed by atoms with Crippen molar-refractivity contribution in [3.05, 3.63) is 0 Å². The van der Waals surface area contributed by atoms with Crippen LogP contribution in [0.25, 0.3) is 0 Å². The summed E-state index contributed by atoms with van der Waals surface area (Å²) < 4.78 is 0. The Morgan fingerprint density at radius 2 is 2.14 bits per heavy atom. The molecule has 1 aliphatic heterocycles. The molecule has 1 saturated heterocycles. The van der Waals surface area contributed by atoms with Gasteiger partial charge in [0, 0.05) is 6.54 Å². The van der Waals surface area contributed by atoms with Crippen LogP contribution in [-0.2, 0) is 0 Å². The molecule has 0 bridgehead atoms. The van der Waals surface area contributed by atoms with E-state index in [1.807, 2.05) is 0 Å². The predicted molar refractivity (Wildman–Crippen MR) is 57.5 cm³/mol. The minimum Gasteiger partial charge on any atom is -0.409 e. The van der Waals surface area contributed by atoms with Gasteiger partial charge in [-0.25, -0.2) is 0 Å². The van der Waals surface area contributed by atoms with Gasteiger partial charge in [-0.1, -0.05) is 19.0 Å². The maximum absolute atomic E-state index is 8.48. The van der Waals surface area contributed by atoms with Crippen LogP contribution in [0.5, 0.6) is 0 Å². The van der Waals surface area contributed by atoms with E-state index in [1.165, 1.54) is 19.3 Å². The van der Waals surface area contributed by atoms with E-state index in [2.05, 4.69) is 23.9 Å². The van der Waals surface area contributed by atoms with E-state index in [4.69, 9.17) is 10.9 Å². The number of hydrogen-bond donors (Lipinski definition) is 2. The van der Waals surface area contributed by atoms with Crippen LogP contribution in [-0.4, -0.2) is 35.6 Å². The van der Waals surface area contributed by atoms with Crippen LogP contribution in [0.4, 0.5) is 0 Å². The third kappa shape index (κ3) is 2.38. The first-order valence-electron chi connectivity index (χ1n) is 5.34. The zero-order valence-electron chi connectivity index (χ0n) is 9.16. The lowest BCUT2D eigenvalue weighted by atomic mass is 9.82. The standard InChI is InChI=1S/C10H21N3O/c1-3-10(4-2)5-6-13(8-10)7-9(11)12-14/h14H,3-8H2,1-2H3,(H2,11,12). The molecule has 1 aliphatic rings. The third-order valence-electron chi connectivity index (χ3n) is 3.53. The van der Waals surface area contributed by atoms with Crippen molar-refractivity contribution in [3.63, 3.8) is 0 Å². The van der Waals surface area contributed by atoms with Gasteiger partial charge >= 0.3 is 0 Å². The van der Waals surface area contributed by atoms with Crippen molar-refractivity contribution in [1.82, 2.24) is 4.90 Å². The monoisotopic (exact) mass is 199 g/mol. The fourth-order valence-corrected chi connectivity index (χ4v) is 2.25. The summed E-state index contributed by atoms with van der Waals surface area (Å²) in [7, 11) is 0.